The smallest absolute Gasteiger partial charge is 0.295 e. The molecule has 0 radical (unpaired) electrons. The Bertz CT molecular complexity index is 1060. The molecule has 0 saturated carbocycles. The molecule has 1 N–H and O–H groups in total. The van der Waals surface area contributed by atoms with Gasteiger partial charge in [-0.15, -0.1) is 0 Å². The summed E-state index contributed by atoms with van der Waals surface area (Å²) in [7, 11) is 0. The van der Waals surface area contributed by atoms with Crippen LogP contribution in [0.25, 0.3) is 5.76 Å². The minimum atomic E-state index is -0.668. The Labute approximate surface area is 194 Å². The lowest BCUT2D eigenvalue weighted by atomic mass is 9.95. The van der Waals surface area contributed by atoms with E-state index < -0.39 is 17.7 Å². The zero-order valence-electron chi connectivity index (χ0n) is 19.5. The summed E-state index contributed by atoms with van der Waals surface area (Å²) in [4.78, 5) is 34.3. The normalized spacial score (nSPS) is 21.5. The van der Waals surface area contributed by atoms with E-state index in [-0.39, 0.29) is 17.4 Å². The van der Waals surface area contributed by atoms with Crippen molar-refractivity contribution in [2.24, 2.45) is 0 Å². The highest BCUT2D eigenvalue weighted by Crippen LogP contribution is 2.40. The first-order chi connectivity index (χ1) is 15.9. The van der Waals surface area contributed by atoms with Crippen molar-refractivity contribution in [3.63, 3.8) is 0 Å². The number of hydrogen-bond acceptors (Lipinski definition) is 6. The van der Waals surface area contributed by atoms with E-state index in [9.17, 15) is 14.7 Å². The Morgan fingerprint density at radius 3 is 2.73 bits per heavy atom. The minimum absolute atomic E-state index is 0.0733. The Kier molecular flexibility index (Phi) is 6.79. The summed E-state index contributed by atoms with van der Waals surface area (Å²) in [5, 5.41) is 11.3. The van der Waals surface area contributed by atoms with Crippen molar-refractivity contribution in [1.82, 2.24) is 14.8 Å². The van der Waals surface area contributed by atoms with Crippen LogP contribution in [0.1, 0.15) is 49.9 Å². The summed E-state index contributed by atoms with van der Waals surface area (Å²) < 4.78 is 5.76. The van der Waals surface area contributed by atoms with Gasteiger partial charge in [0.15, 0.2) is 0 Å². The second kappa shape index (κ2) is 9.75. The highest BCUT2D eigenvalue weighted by atomic mass is 16.5. The summed E-state index contributed by atoms with van der Waals surface area (Å²) in [5.41, 5.74) is 2.32. The van der Waals surface area contributed by atoms with Crippen LogP contribution in [0.15, 0.2) is 48.3 Å². The molecule has 2 aliphatic heterocycles. The number of likely N-dealkylation sites (tertiary alicyclic amines) is 1. The number of hydrogen-bond donors (Lipinski definition) is 1. The van der Waals surface area contributed by atoms with Gasteiger partial charge >= 0.3 is 0 Å². The fraction of sp³-hybridized carbons (Fsp3) is 0.423. The Morgan fingerprint density at radius 2 is 2.03 bits per heavy atom. The van der Waals surface area contributed by atoms with Gasteiger partial charge < -0.3 is 19.6 Å². The molecule has 1 aromatic carbocycles. The molecule has 1 aromatic heterocycles. The van der Waals surface area contributed by atoms with E-state index >= 15 is 0 Å². The van der Waals surface area contributed by atoms with Crippen LogP contribution < -0.4 is 4.74 Å². The number of amides is 1. The number of ketones is 1. The number of rotatable bonds is 8. The third kappa shape index (κ3) is 4.50. The van der Waals surface area contributed by atoms with Crippen LogP contribution in [0.5, 0.6) is 5.75 Å². The SMILES string of the molecule is CCN(CC)CCCN1C(=O)C(=O)/C(=C(\O)c2ccc3c(c2)C[C@H](C)O3)[C@@H]1c1cccnc1. The molecule has 1 fully saturated rings. The molecule has 2 atom stereocenters. The summed E-state index contributed by atoms with van der Waals surface area (Å²) >= 11 is 0. The van der Waals surface area contributed by atoms with E-state index in [0.717, 1.165) is 43.8 Å². The average Bonchev–Trinajstić information content (AvgIpc) is 3.32. The van der Waals surface area contributed by atoms with Crippen LogP contribution in [-0.2, 0) is 16.0 Å². The first-order valence-electron chi connectivity index (χ1n) is 11.6. The van der Waals surface area contributed by atoms with E-state index in [1.54, 1.807) is 29.4 Å². The Balaban J connectivity index is 1.71. The number of aliphatic hydroxyl groups is 1. The molecule has 174 valence electrons. The quantitative estimate of drug-likeness (QED) is 0.377. The zero-order valence-corrected chi connectivity index (χ0v) is 19.5. The number of carbonyl (C=O) groups excluding carboxylic acids is 2. The second-order valence-corrected chi connectivity index (χ2v) is 8.61. The topological polar surface area (TPSA) is 83.0 Å². The van der Waals surface area contributed by atoms with E-state index in [1.807, 2.05) is 25.1 Å². The third-order valence-corrected chi connectivity index (χ3v) is 6.48. The van der Waals surface area contributed by atoms with Gasteiger partial charge in [-0.1, -0.05) is 19.9 Å². The lowest BCUT2D eigenvalue weighted by molar-refractivity contribution is -0.140. The number of aromatic nitrogens is 1. The van der Waals surface area contributed by atoms with Gasteiger partial charge in [0, 0.05) is 30.9 Å². The number of Topliss-reactive ketones (excluding diaryl/α,β-unsaturated/α-hetero) is 1. The number of nitrogens with zero attached hydrogens (tertiary/aromatic N) is 3. The van der Waals surface area contributed by atoms with Crippen LogP contribution in [-0.4, -0.2) is 63.9 Å². The summed E-state index contributed by atoms with van der Waals surface area (Å²) in [6.45, 7) is 9.32. The molecule has 7 heteroatoms. The number of pyridine rings is 1. The van der Waals surface area contributed by atoms with Gasteiger partial charge in [0.25, 0.3) is 11.7 Å². The monoisotopic (exact) mass is 449 g/mol. The molecule has 0 unspecified atom stereocenters. The molecular formula is C26H31N3O4. The predicted molar refractivity (Wildman–Crippen MR) is 126 cm³/mol. The molecular weight excluding hydrogens is 418 g/mol. The lowest BCUT2D eigenvalue weighted by Crippen LogP contribution is -2.33. The van der Waals surface area contributed by atoms with Crippen LogP contribution in [0.2, 0.25) is 0 Å². The molecule has 7 nitrogen and oxygen atoms in total. The van der Waals surface area contributed by atoms with Gasteiger partial charge in [-0.3, -0.25) is 14.6 Å². The van der Waals surface area contributed by atoms with Crippen molar-refractivity contribution < 1.29 is 19.4 Å². The number of ether oxygens (including phenoxy) is 1. The van der Waals surface area contributed by atoms with Crippen molar-refractivity contribution in [2.45, 2.75) is 45.8 Å². The predicted octanol–water partition coefficient (Wildman–Crippen LogP) is 3.56. The van der Waals surface area contributed by atoms with Crippen LogP contribution in [0.4, 0.5) is 0 Å². The van der Waals surface area contributed by atoms with E-state index in [2.05, 4.69) is 23.7 Å². The maximum atomic E-state index is 13.1. The van der Waals surface area contributed by atoms with Gasteiger partial charge in [-0.25, -0.2) is 0 Å². The van der Waals surface area contributed by atoms with Gasteiger partial charge in [0.05, 0.1) is 11.6 Å². The lowest BCUT2D eigenvalue weighted by Gasteiger charge is -2.26. The van der Waals surface area contributed by atoms with Gasteiger partial charge in [0.1, 0.15) is 17.6 Å². The second-order valence-electron chi connectivity index (χ2n) is 8.61. The molecule has 0 bridgehead atoms. The minimum Gasteiger partial charge on any atom is -0.507 e. The average molecular weight is 450 g/mol. The van der Waals surface area contributed by atoms with Crippen molar-refractivity contribution in [3.8, 4) is 5.75 Å². The Hall–Kier alpha value is -3.19. The van der Waals surface area contributed by atoms with E-state index in [1.165, 1.54) is 0 Å². The van der Waals surface area contributed by atoms with Crippen molar-refractivity contribution in [2.75, 3.05) is 26.2 Å². The molecule has 33 heavy (non-hydrogen) atoms. The maximum absolute atomic E-state index is 13.1. The molecule has 0 aliphatic carbocycles. The molecule has 1 saturated heterocycles. The van der Waals surface area contributed by atoms with Gasteiger partial charge in [-0.2, -0.15) is 0 Å². The Morgan fingerprint density at radius 1 is 1.24 bits per heavy atom. The molecule has 0 spiro atoms. The highest BCUT2D eigenvalue weighted by molar-refractivity contribution is 6.46. The summed E-state index contributed by atoms with van der Waals surface area (Å²) in [6, 6.07) is 8.35. The number of carbonyl (C=O) groups is 2. The number of benzene rings is 1. The molecule has 4 rings (SSSR count). The first kappa shape index (κ1) is 23.0. The van der Waals surface area contributed by atoms with Crippen LogP contribution in [0, 0.1) is 0 Å². The number of aliphatic hydroxyl groups excluding tert-OH is 1. The molecule has 2 aromatic rings. The number of fused-ring (bicyclic) bond motifs is 1. The van der Waals surface area contributed by atoms with E-state index in [4.69, 9.17) is 4.74 Å². The van der Waals surface area contributed by atoms with Crippen LogP contribution in [0.3, 0.4) is 0 Å². The standard InChI is InChI=1S/C26H31N3O4/c1-4-28(5-2)12-7-13-29-23(19-8-6-11-27-16-19)22(25(31)26(29)32)24(30)18-9-10-21-20(15-18)14-17(3)33-21/h6,8-11,15-17,23,30H,4-5,7,12-14H2,1-3H3/b24-22-/t17-,23-/m0/s1. The summed E-state index contributed by atoms with van der Waals surface area (Å²) in [6.07, 6.45) is 4.85. The highest BCUT2D eigenvalue weighted by Gasteiger charge is 2.46. The van der Waals surface area contributed by atoms with Gasteiger partial charge in [-0.05, 0) is 68.4 Å². The fourth-order valence-corrected chi connectivity index (χ4v) is 4.72. The fourth-order valence-electron chi connectivity index (χ4n) is 4.72. The third-order valence-electron chi connectivity index (χ3n) is 6.48. The molecule has 3 heterocycles. The molecule has 2 aliphatic rings. The van der Waals surface area contributed by atoms with Crippen LogP contribution >= 0.6 is 0 Å². The largest absolute Gasteiger partial charge is 0.507 e. The van der Waals surface area contributed by atoms with E-state index in [0.29, 0.717) is 17.7 Å². The van der Waals surface area contributed by atoms with Gasteiger partial charge in [0.2, 0.25) is 0 Å². The van der Waals surface area contributed by atoms with Crippen molar-refractivity contribution in [1.29, 1.82) is 0 Å². The first-order valence-corrected chi connectivity index (χ1v) is 11.6. The zero-order chi connectivity index (χ0) is 23.5. The van der Waals surface area contributed by atoms with Crippen molar-refractivity contribution >= 4 is 17.4 Å². The maximum Gasteiger partial charge on any atom is 0.295 e. The van der Waals surface area contributed by atoms with Crippen molar-refractivity contribution in [3.05, 3.63) is 65.0 Å². The molecule has 1 amide bonds. The summed E-state index contributed by atoms with van der Waals surface area (Å²) in [5.74, 6) is -0.604.